The Balaban J connectivity index is 3.91. The third-order valence-corrected chi connectivity index (χ3v) is 9.83. The van der Waals surface area contributed by atoms with E-state index in [1.807, 2.05) is 0 Å². The minimum atomic E-state index is -4.68. The highest BCUT2D eigenvalue weighted by atomic mass is 31.2. The second-order valence-corrected chi connectivity index (χ2v) is 15.2. The van der Waals surface area contributed by atoms with Crippen molar-refractivity contribution in [3.8, 4) is 0 Å². The van der Waals surface area contributed by atoms with Crippen LogP contribution in [0.4, 0.5) is 0 Å². The van der Waals surface area contributed by atoms with Gasteiger partial charge in [-0.1, -0.05) is 200 Å². The first-order chi connectivity index (χ1) is 22.3. The van der Waals surface area contributed by atoms with Gasteiger partial charge in [0.15, 0.2) is 0 Å². The molecule has 0 bridgehead atoms. The van der Waals surface area contributed by atoms with Crippen LogP contribution in [0.1, 0.15) is 219 Å². The number of aliphatic hydroxyl groups excluding tert-OH is 1. The van der Waals surface area contributed by atoms with Crippen molar-refractivity contribution < 1.29 is 28.8 Å². The van der Waals surface area contributed by atoms with Gasteiger partial charge in [0.2, 0.25) is 5.91 Å². The van der Waals surface area contributed by atoms with E-state index in [1.54, 1.807) is 0 Å². The largest absolute Gasteiger partial charge is 0.469 e. The summed E-state index contributed by atoms with van der Waals surface area (Å²) in [6.45, 7) is 4.13. The van der Waals surface area contributed by atoms with Gasteiger partial charge in [-0.2, -0.15) is 0 Å². The molecule has 0 unspecified atom stereocenters. The Morgan fingerprint density at radius 3 is 1.17 bits per heavy atom. The van der Waals surface area contributed by atoms with Gasteiger partial charge in [0.1, 0.15) is 0 Å². The van der Waals surface area contributed by atoms with Crippen molar-refractivity contribution in [3.05, 3.63) is 0 Å². The van der Waals surface area contributed by atoms with Crippen molar-refractivity contribution in [1.29, 1.82) is 0 Å². The van der Waals surface area contributed by atoms with Crippen LogP contribution < -0.4 is 5.32 Å². The van der Waals surface area contributed by atoms with Gasteiger partial charge >= 0.3 is 7.82 Å². The summed E-state index contributed by atoms with van der Waals surface area (Å²) in [4.78, 5) is 30.8. The molecule has 0 fully saturated rings. The van der Waals surface area contributed by atoms with E-state index in [-0.39, 0.29) is 5.91 Å². The summed E-state index contributed by atoms with van der Waals surface area (Å²) in [5.74, 6) is -0.190. The Morgan fingerprint density at radius 1 is 0.543 bits per heavy atom. The van der Waals surface area contributed by atoms with E-state index in [1.165, 1.54) is 154 Å². The quantitative estimate of drug-likeness (QED) is 0.0385. The fourth-order valence-electron chi connectivity index (χ4n) is 6.29. The van der Waals surface area contributed by atoms with Crippen LogP contribution in [-0.4, -0.2) is 39.6 Å². The molecule has 0 aromatic rings. The number of hydrogen-bond donors (Lipinski definition) is 4. The van der Waals surface area contributed by atoms with Crippen molar-refractivity contribution in [2.75, 3.05) is 6.61 Å². The molecule has 276 valence electrons. The number of phosphoric ester groups is 1. The van der Waals surface area contributed by atoms with Crippen molar-refractivity contribution in [2.45, 2.75) is 231 Å². The summed E-state index contributed by atoms with van der Waals surface area (Å²) >= 11 is 0. The first kappa shape index (κ1) is 45.5. The van der Waals surface area contributed by atoms with Crippen LogP contribution in [0, 0.1) is 0 Å². The Kier molecular flexibility index (Phi) is 34.1. The van der Waals surface area contributed by atoms with Crippen LogP contribution in [0.3, 0.4) is 0 Å². The highest BCUT2D eigenvalue weighted by Crippen LogP contribution is 2.36. The maximum atomic E-state index is 12.6. The number of rotatable bonds is 37. The molecule has 0 saturated heterocycles. The van der Waals surface area contributed by atoms with Gasteiger partial charge in [0, 0.05) is 6.42 Å². The van der Waals surface area contributed by atoms with E-state index in [0.717, 1.165) is 38.5 Å². The molecule has 0 radical (unpaired) electrons. The molecule has 7 nitrogen and oxygen atoms in total. The summed E-state index contributed by atoms with van der Waals surface area (Å²) < 4.78 is 15.9. The lowest BCUT2D eigenvalue weighted by Gasteiger charge is -2.24. The first-order valence-electron chi connectivity index (χ1n) is 20.0. The molecular formula is C38H78NO6P. The second kappa shape index (κ2) is 34.4. The van der Waals surface area contributed by atoms with Gasteiger partial charge in [0.05, 0.1) is 18.8 Å². The molecule has 0 aromatic heterocycles. The molecule has 0 aliphatic rings. The average Bonchev–Trinajstić information content (AvgIpc) is 3.02. The first-order valence-corrected chi connectivity index (χ1v) is 21.5. The van der Waals surface area contributed by atoms with Gasteiger partial charge < -0.3 is 20.2 Å². The standard InChI is InChI=1S/C38H78NO6P/c1-3-5-7-9-11-13-15-17-19-21-23-25-27-29-31-33-37(40)36(35-45-46(42,43)44)39-38(41)34-32-30-28-26-24-22-20-18-16-14-12-10-8-6-4-2/h36-37,40H,3-35H2,1-2H3,(H,39,41)(H2,42,43,44)/t36-,37+/m0/s1. The minimum Gasteiger partial charge on any atom is -0.391 e. The zero-order valence-electron chi connectivity index (χ0n) is 30.5. The zero-order valence-corrected chi connectivity index (χ0v) is 31.4. The zero-order chi connectivity index (χ0) is 34.0. The predicted molar refractivity (Wildman–Crippen MR) is 195 cm³/mol. The van der Waals surface area contributed by atoms with Crippen LogP contribution in [0.5, 0.6) is 0 Å². The van der Waals surface area contributed by atoms with E-state index in [9.17, 15) is 14.5 Å². The summed E-state index contributed by atoms with van der Waals surface area (Å²) in [6, 6.07) is -0.817. The van der Waals surface area contributed by atoms with Gasteiger partial charge in [-0.3, -0.25) is 9.32 Å². The Morgan fingerprint density at radius 2 is 0.848 bits per heavy atom. The molecule has 8 heteroatoms. The van der Waals surface area contributed by atoms with Crippen LogP contribution in [0.15, 0.2) is 0 Å². The fourth-order valence-corrected chi connectivity index (χ4v) is 6.64. The molecule has 0 rings (SSSR count). The molecule has 0 heterocycles. The number of amides is 1. The molecule has 4 N–H and O–H groups in total. The number of carbonyl (C=O) groups is 1. The lowest BCUT2D eigenvalue weighted by atomic mass is 10.0. The average molecular weight is 676 g/mol. The number of aliphatic hydroxyl groups is 1. The maximum Gasteiger partial charge on any atom is 0.469 e. The summed E-state index contributed by atoms with van der Waals surface area (Å²) in [6.07, 6.45) is 37.9. The second-order valence-electron chi connectivity index (χ2n) is 14.0. The van der Waals surface area contributed by atoms with Crippen LogP contribution >= 0.6 is 7.82 Å². The van der Waals surface area contributed by atoms with Crippen molar-refractivity contribution in [3.63, 3.8) is 0 Å². The van der Waals surface area contributed by atoms with Gasteiger partial charge in [-0.15, -0.1) is 0 Å². The topological polar surface area (TPSA) is 116 Å². The smallest absolute Gasteiger partial charge is 0.391 e. The number of nitrogens with one attached hydrogen (secondary N) is 1. The van der Waals surface area contributed by atoms with Crippen molar-refractivity contribution in [1.82, 2.24) is 5.32 Å². The van der Waals surface area contributed by atoms with E-state index in [0.29, 0.717) is 12.8 Å². The molecule has 0 aliphatic heterocycles. The molecule has 1 amide bonds. The van der Waals surface area contributed by atoms with Gasteiger partial charge in [0.25, 0.3) is 0 Å². The summed E-state index contributed by atoms with van der Waals surface area (Å²) in [7, 11) is -4.68. The van der Waals surface area contributed by atoms with E-state index in [4.69, 9.17) is 9.79 Å². The Hall–Kier alpha value is -0.460. The Labute approximate surface area is 285 Å². The van der Waals surface area contributed by atoms with Crippen LogP contribution in [-0.2, 0) is 13.9 Å². The van der Waals surface area contributed by atoms with Crippen LogP contribution in [0.25, 0.3) is 0 Å². The predicted octanol–water partition coefficient (Wildman–Crippen LogP) is 11.5. The minimum absolute atomic E-state index is 0.190. The molecule has 0 saturated carbocycles. The van der Waals surface area contributed by atoms with Gasteiger partial charge in [-0.05, 0) is 12.8 Å². The fraction of sp³-hybridized carbons (Fsp3) is 0.974. The number of hydrogen-bond acceptors (Lipinski definition) is 4. The molecule has 0 aliphatic carbocycles. The van der Waals surface area contributed by atoms with E-state index < -0.39 is 26.6 Å². The highest BCUT2D eigenvalue weighted by Gasteiger charge is 2.25. The molecule has 46 heavy (non-hydrogen) atoms. The lowest BCUT2D eigenvalue weighted by Crippen LogP contribution is -2.46. The lowest BCUT2D eigenvalue weighted by molar-refractivity contribution is -0.123. The summed E-state index contributed by atoms with van der Waals surface area (Å²) in [5, 5.41) is 13.5. The van der Waals surface area contributed by atoms with E-state index >= 15 is 0 Å². The van der Waals surface area contributed by atoms with E-state index in [2.05, 4.69) is 23.7 Å². The van der Waals surface area contributed by atoms with Crippen molar-refractivity contribution >= 4 is 13.7 Å². The molecule has 2 atom stereocenters. The number of carbonyl (C=O) groups excluding carboxylic acids is 1. The van der Waals surface area contributed by atoms with Gasteiger partial charge in [-0.25, -0.2) is 4.57 Å². The number of unbranched alkanes of at least 4 members (excludes halogenated alkanes) is 28. The molecular weight excluding hydrogens is 597 g/mol. The Bertz CT molecular complexity index is 688. The highest BCUT2D eigenvalue weighted by molar-refractivity contribution is 7.46. The van der Waals surface area contributed by atoms with Crippen molar-refractivity contribution in [2.24, 2.45) is 0 Å². The SMILES string of the molecule is CCCCCCCCCCCCCCCCCC(=O)N[C@@H](COP(=O)(O)O)[C@H](O)CCCCCCCCCCCCCCCCC. The normalized spacial score (nSPS) is 13.2. The monoisotopic (exact) mass is 676 g/mol. The third-order valence-electron chi connectivity index (χ3n) is 9.34. The summed E-state index contributed by atoms with van der Waals surface area (Å²) in [5.41, 5.74) is 0. The third kappa shape index (κ3) is 34.9. The maximum absolute atomic E-state index is 12.6. The molecule has 0 spiro atoms. The van der Waals surface area contributed by atoms with Crippen LogP contribution in [0.2, 0.25) is 0 Å². The molecule has 0 aromatic carbocycles. The number of phosphoric acid groups is 1.